The van der Waals surface area contributed by atoms with Gasteiger partial charge in [-0.15, -0.1) is 0 Å². The van der Waals surface area contributed by atoms with E-state index in [0.717, 1.165) is 19.4 Å². The number of Topliss-reactive ketones (excluding diaryl/α,β-unsaturated/α-hetero) is 1. The summed E-state index contributed by atoms with van der Waals surface area (Å²) in [7, 11) is 0. The van der Waals surface area contributed by atoms with E-state index in [1.807, 2.05) is 34.6 Å². The van der Waals surface area contributed by atoms with Gasteiger partial charge in [0.2, 0.25) is 5.91 Å². The molecule has 0 N–H and O–H groups in total. The molecule has 0 aliphatic carbocycles. The van der Waals surface area contributed by atoms with Crippen molar-refractivity contribution in [1.82, 2.24) is 4.90 Å². The molecule has 1 aliphatic heterocycles. The van der Waals surface area contributed by atoms with E-state index < -0.39 is 0 Å². The summed E-state index contributed by atoms with van der Waals surface area (Å²) in [6.45, 7) is 10.3. The van der Waals surface area contributed by atoms with Gasteiger partial charge in [0.25, 0.3) is 0 Å². The van der Waals surface area contributed by atoms with Crippen LogP contribution in [-0.2, 0) is 9.59 Å². The molecule has 1 fully saturated rings. The molecule has 1 atom stereocenters. The zero-order valence-corrected chi connectivity index (χ0v) is 11.0. The maximum atomic E-state index is 12.2. The maximum Gasteiger partial charge on any atom is 0.225 e. The third-order valence-electron chi connectivity index (χ3n) is 3.07. The Morgan fingerprint density at radius 3 is 2.25 bits per heavy atom. The Balaban J connectivity index is 2.81. The largest absolute Gasteiger partial charge is 0.332 e. The van der Waals surface area contributed by atoms with Gasteiger partial charge < -0.3 is 4.90 Å². The quantitative estimate of drug-likeness (QED) is 0.723. The molecule has 0 bridgehead atoms. The predicted molar refractivity (Wildman–Crippen MR) is 64.0 cm³/mol. The van der Waals surface area contributed by atoms with E-state index in [1.54, 1.807) is 4.90 Å². The van der Waals surface area contributed by atoms with Gasteiger partial charge in [-0.2, -0.15) is 0 Å². The third kappa shape index (κ3) is 2.63. The third-order valence-corrected chi connectivity index (χ3v) is 3.07. The van der Waals surface area contributed by atoms with Crippen molar-refractivity contribution >= 4 is 11.7 Å². The number of nitrogens with zero attached hydrogens (tertiary/aromatic N) is 1. The first-order valence-corrected chi connectivity index (χ1v) is 6.10. The zero-order chi connectivity index (χ0) is 12.5. The van der Waals surface area contributed by atoms with Crippen molar-refractivity contribution in [2.45, 2.75) is 53.5 Å². The second-order valence-corrected chi connectivity index (χ2v) is 5.96. The maximum absolute atomic E-state index is 12.2. The van der Waals surface area contributed by atoms with E-state index in [2.05, 4.69) is 0 Å². The highest BCUT2D eigenvalue weighted by Gasteiger charge is 2.39. The number of likely N-dealkylation sites (tertiary alicyclic amines) is 1. The number of amides is 1. The summed E-state index contributed by atoms with van der Waals surface area (Å²) in [6, 6.07) is -0.185. The molecule has 0 unspecified atom stereocenters. The zero-order valence-electron chi connectivity index (χ0n) is 11.0. The molecule has 0 aromatic rings. The lowest BCUT2D eigenvalue weighted by Crippen LogP contribution is -2.46. The van der Waals surface area contributed by atoms with Crippen molar-refractivity contribution in [3.63, 3.8) is 0 Å². The molecule has 1 heterocycles. The fourth-order valence-corrected chi connectivity index (χ4v) is 2.13. The highest BCUT2D eigenvalue weighted by atomic mass is 16.2. The average Bonchev–Trinajstić information content (AvgIpc) is 2.61. The van der Waals surface area contributed by atoms with Crippen molar-refractivity contribution < 1.29 is 9.59 Å². The van der Waals surface area contributed by atoms with E-state index in [9.17, 15) is 9.59 Å². The average molecular weight is 225 g/mol. The highest BCUT2D eigenvalue weighted by molar-refractivity contribution is 5.93. The Hall–Kier alpha value is -0.860. The standard InChI is InChI=1S/C13H23NO2/c1-9(2)12(16)14-8-6-7-10(14)11(15)13(3,4)5/h9-10H,6-8H2,1-5H3/t10-/m0/s1. The van der Waals surface area contributed by atoms with Gasteiger partial charge in [-0.3, -0.25) is 9.59 Å². The van der Waals surface area contributed by atoms with Crippen LogP contribution >= 0.6 is 0 Å². The summed E-state index contributed by atoms with van der Waals surface area (Å²) >= 11 is 0. The van der Waals surface area contributed by atoms with Crippen molar-refractivity contribution in [2.24, 2.45) is 11.3 Å². The van der Waals surface area contributed by atoms with Crippen LogP contribution in [0.2, 0.25) is 0 Å². The van der Waals surface area contributed by atoms with Crippen molar-refractivity contribution in [3.05, 3.63) is 0 Å². The van der Waals surface area contributed by atoms with E-state index in [-0.39, 0.29) is 29.1 Å². The fraction of sp³-hybridized carbons (Fsp3) is 0.846. The van der Waals surface area contributed by atoms with Gasteiger partial charge in [0.15, 0.2) is 5.78 Å². The Kier molecular flexibility index (Phi) is 3.76. The van der Waals surface area contributed by atoms with Crippen LogP contribution < -0.4 is 0 Å². The molecular formula is C13H23NO2. The summed E-state index contributed by atoms with van der Waals surface area (Å²) in [5.74, 6) is 0.285. The van der Waals surface area contributed by atoms with Crippen LogP contribution in [0.4, 0.5) is 0 Å². The number of hydrogen-bond acceptors (Lipinski definition) is 2. The van der Waals surface area contributed by atoms with Gasteiger partial charge in [-0.1, -0.05) is 34.6 Å². The van der Waals surface area contributed by atoms with Gasteiger partial charge in [0.05, 0.1) is 6.04 Å². The molecule has 0 aromatic heterocycles. The van der Waals surface area contributed by atoms with Crippen LogP contribution in [0.5, 0.6) is 0 Å². The van der Waals surface area contributed by atoms with E-state index >= 15 is 0 Å². The molecule has 1 aliphatic rings. The van der Waals surface area contributed by atoms with E-state index in [1.165, 1.54) is 0 Å². The molecule has 1 rings (SSSR count). The number of hydrogen-bond donors (Lipinski definition) is 0. The number of ketones is 1. The summed E-state index contributed by atoms with van der Waals surface area (Å²) in [4.78, 5) is 25.9. The molecule has 0 saturated carbocycles. The first kappa shape index (κ1) is 13.2. The van der Waals surface area contributed by atoms with Gasteiger partial charge >= 0.3 is 0 Å². The highest BCUT2D eigenvalue weighted by Crippen LogP contribution is 2.27. The molecule has 0 aromatic carbocycles. The molecule has 3 heteroatoms. The molecule has 92 valence electrons. The van der Waals surface area contributed by atoms with Crippen LogP contribution in [0.1, 0.15) is 47.5 Å². The lowest BCUT2D eigenvalue weighted by Gasteiger charge is -2.30. The van der Waals surface area contributed by atoms with Crippen molar-refractivity contribution in [3.8, 4) is 0 Å². The van der Waals surface area contributed by atoms with Crippen LogP contribution in [0.3, 0.4) is 0 Å². The predicted octanol–water partition coefficient (Wildman–Crippen LogP) is 2.25. The molecule has 3 nitrogen and oxygen atoms in total. The van der Waals surface area contributed by atoms with Gasteiger partial charge in [0, 0.05) is 17.9 Å². The van der Waals surface area contributed by atoms with E-state index in [4.69, 9.17) is 0 Å². The summed E-state index contributed by atoms with van der Waals surface area (Å²) in [5.41, 5.74) is -0.357. The number of carbonyl (C=O) groups is 2. The van der Waals surface area contributed by atoms with Crippen LogP contribution in [-0.4, -0.2) is 29.2 Å². The molecule has 1 amide bonds. The van der Waals surface area contributed by atoms with Crippen LogP contribution in [0, 0.1) is 11.3 Å². The first-order chi connectivity index (χ1) is 7.25. The van der Waals surface area contributed by atoms with Crippen molar-refractivity contribution in [2.75, 3.05) is 6.54 Å². The Morgan fingerprint density at radius 2 is 1.81 bits per heavy atom. The lowest BCUT2D eigenvalue weighted by atomic mass is 9.85. The minimum absolute atomic E-state index is 0.0200. The van der Waals surface area contributed by atoms with Gasteiger partial charge in [-0.05, 0) is 12.8 Å². The Bertz CT molecular complexity index is 289. The lowest BCUT2D eigenvalue weighted by molar-refractivity contribution is -0.142. The molecule has 1 saturated heterocycles. The minimum atomic E-state index is -0.357. The first-order valence-electron chi connectivity index (χ1n) is 6.10. The van der Waals surface area contributed by atoms with E-state index in [0.29, 0.717) is 0 Å². The smallest absolute Gasteiger partial charge is 0.225 e. The number of carbonyl (C=O) groups excluding carboxylic acids is 2. The molecule has 0 spiro atoms. The SMILES string of the molecule is CC(C)C(=O)N1CCC[C@H]1C(=O)C(C)(C)C. The van der Waals surface area contributed by atoms with Crippen LogP contribution in [0.25, 0.3) is 0 Å². The molecule has 0 radical (unpaired) electrons. The summed E-state index contributed by atoms with van der Waals surface area (Å²) < 4.78 is 0. The van der Waals surface area contributed by atoms with Crippen molar-refractivity contribution in [1.29, 1.82) is 0 Å². The summed E-state index contributed by atoms with van der Waals surface area (Å²) in [6.07, 6.45) is 1.78. The normalized spacial score (nSPS) is 21.6. The topological polar surface area (TPSA) is 37.4 Å². The van der Waals surface area contributed by atoms with Gasteiger partial charge in [0.1, 0.15) is 0 Å². The molecular weight excluding hydrogens is 202 g/mol. The second-order valence-electron chi connectivity index (χ2n) is 5.96. The van der Waals surface area contributed by atoms with Crippen LogP contribution in [0.15, 0.2) is 0 Å². The van der Waals surface area contributed by atoms with Gasteiger partial charge in [-0.25, -0.2) is 0 Å². The Labute approximate surface area is 98.2 Å². The monoisotopic (exact) mass is 225 g/mol. The summed E-state index contributed by atoms with van der Waals surface area (Å²) in [5, 5.41) is 0. The minimum Gasteiger partial charge on any atom is -0.332 e. The molecule has 16 heavy (non-hydrogen) atoms. The fourth-order valence-electron chi connectivity index (χ4n) is 2.13. The Morgan fingerprint density at radius 1 is 1.25 bits per heavy atom. The second kappa shape index (κ2) is 4.56. The number of rotatable bonds is 2.